The van der Waals surface area contributed by atoms with Gasteiger partial charge in [0.15, 0.2) is 6.29 Å². The fourth-order valence-corrected chi connectivity index (χ4v) is 1.79. The maximum atomic E-state index is 10.6. The first-order valence-corrected chi connectivity index (χ1v) is 4.85. The van der Waals surface area contributed by atoms with E-state index in [0.717, 1.165) is 38.0 Å². The molecular formula is C10H14N2O2. The maximum Gasteiger partial charge on any atom is 0.168 e. The molecule has 76 valence electrons. The highest BCUT2D eigenvalue weighted by atomic mass is 16.5. The average Bonchev–Trinajstić information content (AvgIpc) is 2.76. The molecule has 1 fully saturated rings. The number of nitrogens with zero attached hydrogens (tertiary/aromatic N) is 2. The van der Waals surface area contributed by atoms with Gasteiger partial charge in [0.1, 0.15) is 5.69 Å². The van der Waals surface area contributed by atoms with E-state index in [-0.39, 0.29) is 0 Å². The summed E-state index contributed by atoms with van der Waals surface area (Å²) in [4.78, 5) is 10.6. The lowest BCUT2D eigenvalue weighted by Gasteiger charge is -2.02. The number of rotatable bonds is 3. The lowest BCUT2D eigenvalue weighted by molar-refractivity contribution is 0.111. The minimum atomic E-state index is 0.574. The van der Waals surface area contributed by atoms with Crippen molar-refractivity contribution in [2.45, 2.75) is 12.8 Å². The van der Waals surface area contributed by atoms with Crippen LogP contribution in [0.4, 0.5) is 0 Å². The van der Waals surface area contributed by atoms with Crippen molar-refractivity contribution in [2.24, 2.45) is 13.0 Å². The fourth-order valence-electron chi connectivity index (χ4n) is 1.79. The largest absolute Gasteiger partial charge is 0.381 e. The highest BCUT2D eigenvalue weighted by Crippen LogP contribution is 2.17. The van der Waals surface area contributed by atoms with Crippen LogP contribution in [0.3, 0.4) is 0 Å². The number of aromatic nitrogens is 2. The second-order valence-corrected chi connectivity index (χ2v) is 3.74. The topological polar surface area (TPSA) is 44.1 Å². The highest BCUT2D eigenvalue weighted by Gasteiger charge is 2.17. The van der Waals surface area contributed by atoms with Gasteiger partial charge in [0, 0.05) is 20.3 Å². The molecule has 0 radical (unpaired) electrons. The molecule has 0 aromatic carbocycles. The van der Waals surface area contributed by atoms with Crippen LogP contribution in [0, 0.1) is 5.92 Å². The molecule has 1 unspecified atom stereocenters. The van der Waals surface area contributed by atoms with Crippen LogP contribution in [0.2, 0.25) is 0 Å². The molecule has 1 atom stereocenters. The van der Waals surface area contributed by atoms with Gasteiger partial charge in [-0.3, -0.25) is 9.48 Å². The van der Waals surface area contributed by atoms with E-state index in [1.54, 1.807) is 11.7 Å². The predicted molar refractivity (Wildman–Crippen MR) is 51.2 cm³/mol. The summed E-state index contributed by atoms with van der Waals surface area (Å²) in [6.07, 6.45) is 2.86. The van der Waals surface area contributed by atoms with Crippen molar-refractivity contribution in [1.29, 1.82) is 0 Å². The predicted octanol–water partition coefficient (Wildman–Crippen LogP) is 0.812. The molecular weight excluding hydrogens is 180 g/mol. The van der Waals surface area contributed by atoms with Gasteiger partial charge in [0.2, 0.25) is 0 Å². The molecule has 0 N–H and O–H groups in total. The average molecular weight is 194 g/mol. The van der Waals surface area contributed by atoms with Gasteiger partial charge in [-0.25, -0.2) is 0 Å². The number of aldehydes is 1. The van der Waals surface area contributed by atoms with E-state index in [1.807, 2.05) is 6.07 Å². The molecule has 0 saturated carbocycles. The van der Waals surface area contributed by atoms with Crippen LogP contribution >= 0.6 is 0 Å². The van der Waals surface area contributed by atoms with E-state index < -0.39 is 0 Å². The molecule has 1 saturated heterocycles. The Labute approximate surface area is 82.9 Å². The first-order valence-electron chi connectivity index (χ1n) is 4.85. The summed E-state index contributed by atoms with van der Waals surface area (Å²) in [5.41, 5.74) is 1.63. The Bertz CT molecular complexity index is 327. The summed E-state index contributed by atoms with van der Waals surface area (Å²) >= 11 is 0. The number of ether oxygens (including phenoxy) is 1. The quantitative estimate of drug-likeness (QED) is 0.669. The summed E-state index contributed by atoms with van der Waals surface area (Å²) in [5.74, 6) is 0.574. The lowest BCUT2D eigenvalue weighted by Crippen LogP contribution is -2.04. The van der Waals surface area contributed by atoms with Gasteiger partial charge in [-0.1, -0.05) is 0 Å². The summed E-state index contributed by atoms with van der Waals surface area (Å²) in [5, 5.41) is 4.27. The Kier molecular flexibility index (Phi) is 2.63. The first-order chi connectivity index (χ1) is 6.79. The van der Waals surface area contributed by atoms with Crippen LogP contribution in [-0.4, -0.2) is 29.3 Å². The van der Waals surface area contributed by atoms with E-state index in [2.05, 4.69) is 5.10 Å². The van der Waals surface area contributed by atoms with E-state index in [4.69, 9.17) is 4.74 Å². The summed E-state index contributed by atoms with van der Waals surface area (Å²) < 4.78 is 6.91. The zero-order chi connectivity index (χ0) is 9.97. The maximum absolute atomic E-state index is 10.6. The third-order valence-electron chi connectivity index (χ3n) is 2.61. The van der Waals surface area contributed by atoms with Gasteiger partial charge >= 0.3 is 0 Å². The summed E-state index contributed by atoms with van der Waals surface area (Å²) in [6.45, 7) is 1.69. The number of carbonyl (C=O) groups is 1. The second kappa shape index (κ2) is 3.92. The van der Waals surface area contributed by atoms with E-state index in [0.29, 0.717) is 11.6 Å². The Morgan fingerprint density at radius 1 is 1.79 bits per heavy atom. The molecule has 2 heterocycles. The van der Waals surface area contributed by atoms with Crippen molar-refractivity contribution >= 4 is 6.29 Å². The summed E-state index contributed by atoms with van der Waals surface area (Å²) in [6, 6.07) is 1.85. The highest BCUT2D eigenvalue weighted by molar-refractivity contribution is 5.72. The van der Waals surface area contributed by atoms with Crippen LogP contribution < -0.4 is 0 Å². The van der Waals surface area contributed by atoms with Gasteiger partial charge < -0.3 is 4.74 Å². The van der Waals surface area contributed by atoms with E-state index in [1.165, 1.54) is 0 Å². The Hall–Kier alpha value is -1.16. The van der Waals surface area contributed by atoms with E-state index >= 15 is 0 Å². The van der Waals surface area contributed by atoms with Crippen LogP contribution in [0.15, 0.2) is 6.07 Å². The van der Waals surface area contributed by atoms with Crippen LogP contribution in [0.5, 0.6) is 0 Å². The van der Waals surface area contributed by atoms with Crippen molar-refractivity contribution in [2.75, 3.05) is 13.2 Å². The molecule has 0 bridgehead atoms. The van der Waals surface area contributed by atoms with Crippen molar-refractivity contribution in [3.63, 3.8) is 0 Å². The molecule has 2 rings (SSSR count). The number of hydrogen-bond acceptors (Lipinski definition) is 3. The first kappa shape index (κ1) is 9.40. The van der Waals surface area contributed by atoms with Crippen molar-refractivity contribution in [3.8, 4) is 0 Å². The molecule has 0 amide bonds. The zero-order valence-corrected chi connectivity index (χ0v) is 8.27. The number of aryl methyl sites for hydroxylation is 1. The SMILES string of the molecule is Cn1nc(CC2CCOC2)cc1C=O. The molecule has 14 heavy (non-hydrogen) atoms. The Morgan fingerprint density at radius 3 is 3.21 bits per heavy atom. The van der Waals surface area contributed by atoms with Crippen LogP contribution in [0.25, 0.3) is 0 Å². The summed E-state index contributed by atoms with van der Waals surface area (Å²) in [7, 11) is 1.79. The van der Waals surface area contributed by atoms with Crippen molar-refractivity contribution < 1.29 is 9.53 Å². The minimum absolute atomic E-state index is 0.574. The Balaban J connectivity index is 2.04. The van der Waals surface area contributed by atoms with Gasteiger partial charge in [-0.15, -0.1) is 0 Å². The van der Waals surface area contributed by atoms with Gasteiger partial charge in [-0.05, 0) is 24.8 Å². The standard InChI is InChI=1S/C10H14N2O2/c1-12-10(6-13)5-9(11-12)4-8-2-3-14-7-8/h5-6,8H,2-4,7H2,1H3. The number of hydrogen-bond donors (Lipinski definition) is 0. The molecule has 1 aromatic rings. The second-order valence-electron chi connectivity index (χ2n) is 3.74. The van der Waals surface area contributed by atoms with Crippen molar-refractivity contribution in [3.05, 3.63) is 17.5 Å². The zero-order valence-electron chi connectivity index (χ0n) is 8.27. The molecule has 1 aliphatic rings. The van der Waals surface area contributed by atoms with Crippen LogP contribution in [0.1, 0.15) is 22.6 Å². The fraction of sp³-hybridized carbons (Fsp3) is 0.600. The molecule has 1 aromatic heterocycles. The normalized spacial score (nSPS) is 21.4. The number of carbonyl (C=O) groups excluding carboxylic acids is 1. The van der Waals surface area contributed by atoms with Gasteiger partial charge in [0.25, 0.3) is 0 Å². The smallest absolute Gasteiger partial charge is 0.168 e. The minimum Gasteiger partial charge on any atom is -0.381 e. The molecule has 0 aliphatic carbocycles. The van der Waals surface area contributed by atoms with E-state index in [9.17, 15) is 4.79 Å². The lowest BCUT2D eigenvalue weighted by atomic mass is 10.0. The van der Waals surface area contributed by atoms with Crippen molar-refractivity contribution in [1.82, 2.24) is 9.78 Å². The molecule has 4 heteroatoms. The third-order valence-corrected chi connectivity index (χ3v) is 2.61. The molecule has 0 spiro atoms. The van der Waals surface area contributed by atoms with Gasteiger partial charge in [0.05, 0.1) is 5.69 Å². The Morgan fingerprint density at radius 2 is 2.64 bits per heavy atom. The van der Waals surface area contributed by atoms with Gasteiger partial charge in [-0.2, -0.15) is 5.10 Å². The monoisotopic (exact) mass is 194 g/mol. The van der Waals surface area contributed by atoms with Crippen LogP contribution in [-0.2, 0) is 18.2 Å². The molecule has 1 aliphatic heterocycles. The third kappa shape index (κ3) is 1.85. The molecule has 4 nitrogen and oxygen atoms in total.